The standard InChI is InChI=1S/C20H26N2O4/c1-13(2)11-25-19-10-21-16(8-17(19)23)9-22-20(24)12-26-18-7-14(3)5-6-15(18)4/h5-8,10,13H,9,11-12H2,1-4H3,(H,21,23)(H,22,24). The molecule has 0 spiro atoms. The quantitative estimate of drug-likeness (QED) is 0.760. The fourth-order valence-electron chi connectivity index (χ4n) is 2.22. The fraction of sp³-hybridized carbons (Fsp3) is 0.400. The van der Waals surface area contributed by atoms with Crippen LogP contribution in [0.2, 0.25) is 0 Å². The summed E-state index contributed by atoms with van der Waals surface area (Å²) >= 11 is 0. The van der Waals surface area contributed by atoms with Crippen molar-refractivity contribution in [2.75, 3.05) is 13.2 Å². The molecule has 0 unspecified atom stereocenters. The Labute approximate surface area is 153 Å². The minimum absolute atomic E-state index is 0.0793. The molecule has 1 amide bonds. The summed E-state index contributed by atoms with van der Waals surface area (Å²) in [4.78, 5) is 26.9. The van der Waals surface area contributed by atoms with Crippen LogP contribution in [-0.4, -0.2) is 24.1 Å². The molecule has 2 N–H and O–H groups in total. The number of amides is 1. The molecule has 6 nitrogen and oxygen atoms in total. The molecule has 1 aromatic carbocycles. The van der Waals surface area contributed by atoms with E-state index in [4.69, 9.17) is 9.47 Å². The molecule has 2 aromatic rings. The first-order valence-electron chi connectivity index (χ1n) is 8.66. The van der Waals surface area contributed by atoms with Gasteiger partial charge < -0.3 is 19.8 Å². The van der Waals surface area contributed by atoms with Gasteiger partial charge in [0.2, 0.25) is 5.43 Å². The zero-order chi connectivity index (χ0) is 19.1. The largest absolute Gasteiger partial charge is 0.488 e. The minimum atomic E-state index is -0.258. The number of carbonyl (C=O) groups is 1. The number of aromatic nitrogens is 1. The van der Waals surface area contributed by atoms with Crippen LogP contribution in [0.4, 0.5) is 0 Å². The molecular formula is C20H26N2O4. The van der Waals surface area contributed by atoms with E-state index in [0.29, 0.717) is 24.0 Å². The SMILES string of the molecule is Cc1ccc(C)c(OCC(=O)NCc2cc(=O)c(OCC(C)C)c[nH]2)c1. The molecule has 140 valence electrons. The van der Waals surface area contributed by atoms with E-state index in [1.807, 2.05) is 45.9 Å². The second-order valence-electron chi connectivity index (χ2n) is 6.73. The highest BCUT2D eigenvalue weighted by Gasteiger charge is 2.07. The number of aryl methyl sites for hydroxylation is 2. The summed E-state index contributed by atoms with van der Waals surface area (Å²) in [7, 11) is 0. The van der Waals surface area contributed by atoms with Crippen molar-refractivity contribution in [3.05, 3.63) is 57.5 Å². The number of nitrogens with one attached hydrogen (secondary N) is 2. The molecule has 0 aliphatic heterocycles. The number of H-pyrrole nitrogens is 1. The number of hydrogen-bond acceptors (Lipinski definition) is 4. The van der Waals surface area contributed by atoms with Crippen LogP contribution in [0.25, 0.3) is 0 Å². The maximum absolute atomic E-state index is 12.0. The van der Waals surface area contributed by atoms with Crippen molar-refractivity contribution in [3.63, 3.8) is 0 Å². The number of benzene rings is 1. The van der Waals surface area contributed by atoms with Crippen LogP contribution in [-0.2, 0) is 11.3 Å². The molecular weight excluding hydrogens is 332 g/mol. The monoisotopic (exact) mass is 358 g/mol. The van der Waals surface area contributed by atoms with Gasteiger partial charge in [0.05, 0.1) is 13.2 Å². The number of aromatic amines is 1. The van der Waals surface area contributed by atoms with Gasteiger partial charge in [0.15, 0.2) is 12.4 Å². The first-order valence-corrected chi connectivity index (χ1v) is 8.66. The van der Waals surface area contributed by atoms with Crippen LogP contribution in [0, 0.1) is 19.8 Å². The van der Waals surface area contributed by atoms with Gasteiger partial charge in [-0.2, -0.15) is 0 Å². The molecule has 0 aliphatic carbocycles. The summed E-state index contributed by atoms with van der Waals surface area (Å²) < 4.78 is 11.0. The summed E-state index contributed by atoms with van der Waals surface area (Å²) in [6.07, 6.45) is 1.53. The number of pyridine rings is 1. The molecule has 2 rings (SSSR count). The summed E-state index contributed by atoms with van der Waals surface area (Å²) in [5.41, 5.74) is 2.44. The Hall–Kier alpha value is -2.76. The molecule has 0 aliphatic rings. The van der Waals surface area contributed by atoms with Crippen LogP contribution in [0.1, 0.15) is 30.7 Å². The van der Waals surface area contributed by atoms with Crippen LogP contribution in [0.15, 0.2) is 35.3 Å². The van der Waals surface area contributed by atoms with Gasteiger partial charge >= 0.3 is 0 Å². The Morgan fingerprint density at radius 3 is 2.62 bits per heavy atom. The average molecular weight is 358 g/mol. The Bertz CT molecular complexity index is 812. The van der Waals surface area contributed by atoms with E-state index in [9.17, 15) is 9.59 Å². The highest BCUT2D eigenvalue weighted by atomic mass is 16.5. The highest BCUT2D eigenvalue weighted by molar-refractivity contribution is 5.77. The predicted molar refractivity (Wildman–Crippen MR) is 101 cm³/mol. The molecule has 1 aromatic heterocycles. The number of carbonyl (C=O) groups excluding carboxylic acids is 1. The Morgan fingerprint density at radius 2 is 1.92 bits per heavy atom. The first-order chi connectivity index (χ1) is 12.3. The Balaban J connectivity index is 1.84. The number of ether oxygens (including phenoxy) is 2. The Kier molecular flexibility index (Phi) is 6.83. The lowest BCUT2D eigenvalue weighted by atomic mass is 10.1. The summed E-state index contributed by atoms with van der Waals surface area (Å²) in [6, 6.07) is 7.28. The molecule has 0 atom stereocenters. The van der Waals surface area contributed by atoms with Crippen molar-refractivity contribution in [3.8, 4) is 11.5 Å². The van der Waals surface area contributed by atoms with Crippen LogP contribution >= 0.6 is 0 Å². The Morgan fingerprint density at radius 1 is 1.15 bits per heavy atom. The third-order valence-corrected chi connectivity index (χ3v) is 3.69. The molecule has 0 fully saturated rings. The van der Waals surface area contributed by atoms with Gasteiger partial charge in [-0.15, -0.1) is 0 Å². The molecule has 0 saturated heterocycles. The maximum Gasteiger partial charge on any atom is 0.258 e. The van der Waals surface area contributed by atoms with Crippen LogP contribution in [0.3, 0.4) is 0 Å². The smallest absolute Gasteiger partial charge is 0.258 e. The highest BCUT2D eigenvalue weighted by Crippen LogP contribution is 2.18. The zero-order valence-electron chi connectivity index (χ0n) is 15.7. The van der Waals surface area contributed by atoms with Crippen molar-refractivity contribution in [2.45, 2.75) is 34.2 Å². The molecule has 1 heterocycles. The fourth-order valence-corrected chi connectivity index (χ4v) is 2.22. The second kappa shape index (κ2) is 9.08. The molecule has 0 saturated carbocycles. The van der Waals surface area contributed by atoms with Gasteiger partial charge in [0, 0.05) is 18.0 Å². The lowest BCUT2D eigenvalue weighted by Crippen LogP contribution is -2.29. The second-order valence-corrected chi connectivity index (χ2v) is 6.73. The van der Waals surface area contributed by atoms with E-state index < -0.39 is 0 Å². The van der Waals surface area contributed by atoms with E-state index in [0.717, 1.165) is 11.1 Å². The maximum atomic E-state index is 12.0. The van der Waals surface area contributed by atoms with Crippen LogP contribution in [0.5, 0.6) is 11.5 Å². The van der Waals surface area contributed by atoms with Gasteiger partial charge in [-0.3, -0.25) is 9.59 Å². The molecule has 6 heteroatoms. The van der Waals surface area contributed by atoms with Crippen LogP contribution < -0.4 is 20.2 Å². The lowest BCUT2D eigenvalue weighted by Gasteiger charge is -2.11. The van der Waals surface area contributed by atoms with E-state index in [2.05, 4.69) is 10.3 Å². The normalized spacial score (nSPS) is 10.7. The summed E-state index contributed by atoms with van der Waals surface area (Å²) in [5, 5.41) is 2.73. The van der Waals surface area contributed by atoms with Gasteiger partial charge in [-0.25, -0.2) is 0 Å². The third-order valence-electron chi connectivity index (χ3n) is 3.69. The van der Waals surface area contributed by atoms with Crippen molar-refractivity contribution in [2.24, 2.45) is 5.92 Å². The summed E-state index contributed by atoms with van der Waals surface area (Å²) in [5.74, 6) is 1.06. The van der Waals surface area contributed by atoms with E-state index in [1.165, 1.54) is 12.3 Å². The average Bonchev–Trinajstić information content (AvgIpc) is 2.59. The van der Waals surface area contributed by atoms with Crippen molar-refractivity contribution >= 4 is 5.91 Å². The van der Waals surface area contributed by atoms with Gasteiger partial charge in [0.25, 0.3) is 5.91 Å². The van der Waals surface area contributed by atoms with E-state index in [1.54, 1.807) is 0 Å². The van der Waals surface area contributed by atoms with Crippen molar-refractivity contribution < 1.29 is 14.3 Å². The molecule has 26 heavy (non-hydrogen) atoms. The predicted octanol–water partition coefficient (Wildman–Crippen LogP) is 2.72. The minimum Gasteiger partial charge on any atom is -0.488 e. The van der Waals surface area contributed by atoms with Gasteiger partial charge in [-0.1, -0.05) is 26.0 Å². The molecule has 0 radical (unpaired) electrons. The number of hydrogen-bond donors (Lipinski definition) is 2. The third kappa shape index (κ3) is 5.95. The van der Waals surface area contributed by atoms with Crippen molar-refractivity contribution in [1.29, 1.82) is 0 Å². The number of rotatable bonds is 8. The van der Waals surface area contributed by atoms with Gasteiger partial charge in [0.1, 0.15) is 5.75 Å². The molecule has 0 bridgehead atoms. The lowest BCUT2D eigenvalue weighted by molar-refractivity contribution is -0.123. The first kappa shape index (κ1) is 19.6. The topological polar surface area (TPSA) is 80.4 Å². The van der Waals surface area contributed by atoms with Gasteiger partial charge in [-0.05, 0) is 37.0 Å². The zero-order valence-corrected chi connectivity index (χ0v) is 15.7. The van der Waals surface area contributed by atoms with Crippen molar-refractivity contribution in [1.82, 2.24) is 10.3 Å². The summed E-state index contributed by atoms with van der Waals surface area (Å²) in [6.45, 7) is 8.54. The van der Waals surface area contributed by atoms with E-state index in [-0.39, 0.29) is 30.2 Å². The van der Waals surface area contributed by atoms with E-state index >= 15 is 0 Å².